The summed E-state index contributed by atoms with van der Waals surface area (Å²) in [5.74, 6) is 0.148. The maximum atomic E-state index is 13.7. The molecule has 7 nitrogen and oxygen atoms in total. The minimum Gasteiger partial charge on any atom is -0.494 e. The highest BCUT2D eigenvalue weighted by Crippen LogP contribution is 2.39. The second kappa shape index (κ2) is 9.51. The minimum atomic E-state index is -4.62. The fourth-order valence-electron chi connectivity index (χ4n) is 4.78. The summed E-state index contributed by atoms with van der Waals surface area (Å²) >= 11 is 0. The van der Waals surface area contributed by atoms with Crippen molar-refractivity contribution in [3.63, 3.8) is 0 Å². The Morgan fingerprint density at radius 1 is 1.14 bits per heavy atom. The quantitative estimate of drug-likeness (QED) is 0.359. The lowest BCUT2D eigenvalue weighted by atomic mass is 10.0. The second-order valence-electron chi connectivity index (χ2n) is 8.99. The van der Waals surface area contributed by atoms with E-state index in [0.717, 1.165) is 24.5 Å². The number of benzene rings is 2. The van der Waals surface area contributed by atoms with E-state index in [4.69, 9.17) is 14.9 Å². The summed E-state index contributed by atoms with van der Waals surface area (Å²) in [6.07, 6.45) is -2.95. The first-order chi connectivity index (χ1) is 17.7. The van der Waals surface area contributed by atoms with E-state index in [9.17, 15) is 18.0 Å². The Bertz CT molecular complexity index is 1450. The predicted molar refractivity (Wildman–Crippen MR) is 131 cm³/mol. The van der Waals surface area contributed by atoms with Gasteiger partial charge in [0.1, 0.15) is 17.0 Å². The van der Waals surface area contributed by atoms with Crippen LogP contribution in [0, 0.1) is 0 Å². The summed E-state index contributed by atoms with van der Waals surface area (Å²) in [5.41, 5.74) is 6.62. The molecule has 0 aliphatic carbocycles. The summed E-state index contributed by atoms with van der Waals surface area (Å²) in [4.78, 5) is 23.8. The number of amides is 1. The lowest BCUT2D eigenvalue weighted by Crippen LogP contribution is -2.32. The van der Waals surface area contributed by atoms with Crippen LogP contribution < -0.4 is 10.5 Å². The molecule has 1 aliphatic heterocycles. The number of nitrogens with two attached hydrogens (primary N) is 1. The van der Waals surface area contributed by atoms with Gasteiger partial charge in [-0.25, -0.2) is 9.97 Å². The number of pyridine rings is 1. The molecule has 4 aromatic rings. The molecule has 0 spiro atoms. The zero-order chi connectivity index (χ0) is 26.3. The van der Waals surface area contributed by atoms with Crippen LogP contribution >= 0.6 is 0 Å². The number of rotatable bonds is 5. The van der Waals surface area contributed by atoms with Gasteiger partial charge in [-0.3, -0.25) is 4.79 Å². The molecular weight excluding hydrogens is 485 g/mol. The monoisotopic (exact) mass is 510 g/mol. The third kappa shape index (κ3) is 4.53. The van der Waals surface area contributed by atoms with Crippen molar-refractivity contribution in [3.8, 4) is 17.2 Å². The van der Waals surface area contributed by atoms with Gasteiger partial charge < -0.3 is 19.8 Å². The Balaban J connectivity index is 1.59. The number of hydrogen-bond donors (Lipinski definition) is 1. The summed E-state index contributed by atoms with van der Waals surface area (Å²) < 4.78 is 51.2. The van der Waals surface area contributed by atoms with E-state index in [-0.39, 0.29) is 40.6 Å². The largest absolute Gasteiger partial charge is 0.494 e. The molecule has 0 unspecified atom stereocenters. The van der Waals surface area contributed by atoms with Crippen LogP contribution in [-0.2, 0) is 6.18 Å². The van der Waals surface area contributed by atoms with E-state index in [1.807, 2.05) is 30.3 Å². The molecule has 3 heterocycles. The van der Waals surface area contributed by atoms with Crippen molar-refractivity contribution in [1.29, 1.82) is 0 Å². The summed E-state index contributed by atoms with van der Waals surface area (Å²) in [6.45, 7) is 2.25. The fourth-order valence-corrected chi connectivity index (χ4v) is 4.78. The lowest BCUT2D eigenvalue weighted by Gasteiger charge is -2.24. The van der Waals surface area contributed by atoms with Gasteiger partial charge in [-0.15, -0.1) is 0 Å². The standard InChI is InChI=1S/C27H25F3N4O3/c1-15(31)24-23(26(35)34-14-6-9-19(34)16-7-4-3-5-8-16)33-25(37-24)18-10-12-20(36-2)22-17(18)11-13-21(32-22)27(28,29)30/h3-5,7-8,10-13,15,19H,6,9,14,31H2,1-2H3/t15-,19-/m0/s1. The lowest BCUT2D eigenvalue weighted by molar-refractivity contribution is -0.140. The number of halogens is 3. The molecule has 1 aliphatic rings. The number of alkyl halides is 3. The van der Waals surface area contributed by atoms with Crippen LogP contribution in [0.4, 0.5) is 13.2 Å². The van der Waals surface area contributed by atoms with Crippen molar-refractivity contribution < 1.29 is 27.1 Å². The van der Waals surface area contributed by atoms with Crippen LogP contribution in [0.25, 0.3) is 22.4 Å². The number of carbonyl (C=O) groups is 1. The Kier molecular flexibility index (Phi) is 6.36. The van der Waals surface area contributed by atoms with Gasteiger partial charge in [-0.05, 0) is 49.6 Å². The fraction of sp³-hybridized carbons (Fsp3) is 0.296. The Morgan fingerprint density at radius 3 is 2.57 bits per heavy atom. The van der Waals surface area contributed by atoms with Gasteiger partial charge in [-0.1, -0.05) is 30.3 Å². The maximum Gasteiger partial charge on any atom is 0.433 e. The van der Waals surface area contributed by atoms with Crippen molar-refractivity contribution in [2.75, 3.05) is 13.7 Å². The number of nitrogens with zero attached hydrogens (tertiary/aromatic N) is 3. The number of ether oxygens (including phenoxy) is 1. The summed E-state index contributed by atoms with van der Waals surface area (Å²) in [7, 11) is 1.35. The van der Waals surface area contributed by atoms with E-state index in [2.05, 4.69) is 9.97 Å². The SMILES string of the molecule is COc1ccc(-c2nc(C(=O)N3CCC[C@H]3c3ccccc3)c([C@H](C)N)o2)c2ccc(C(F)(F)F)nc12. The molecule has 192 valence electrons. The average molecular weight is 511 g/mol. The van der Waals surface area contributed by atoms with Crippen molar-refractivity contribution in [2.24, 2.45) is 5.73 Å². The van der Waals surface area contributed by atoms with Gasteiger partial charge in [-0.2, -0.15) is 13.2 Å². The summed E-state index contributed by atoms with van der Waals surface area (Å²) in [6, 6.07) is 14.3. The molecule has 37 heavy (non-hydrogen) atoms. The zero-order valence-electron chi connectivity index (χ0n) is 20.2. The van der Waals surface area contributed by atoms with Crippen molar-refractivity contribution >= 4 is 16.8 Å². The minimum absolute atomic E-state index is 0.00642. The van der Waals surface area contributed by atoms with E-state index in [1.165, 1.54) is 19.2 Å². The third-order valence-electron chi connectivity index (χ3n) is 6.53. The maximum absolute atomic E-state index is 13.7. The molecule has 0 radical (unpaired) electrons. The van der Waals surface area contributed by atoms with Gasteiger partial charge in [0.15, 0.2) is 11.5 Å². The Labute approximate surface area is 211 Å². The average Bonchev–Trinajstić information content (AvgIpc) is 3.55. The number of likely N-dealkylation sites (tertiary alicyclic amines) is 1. The van der Waals surface area contributed by atoms with Gasteiger partial charge >= 0.3 is 6.18 Å². The van der Waals surface area contributed by atoms with Crippen LogP contribution in [0.5, 0.6) is 5.75 Å². The van der Waals surface area contributed by atoms with Crippen LogP contribution in [0.15, 0.2) is 59.0 Å². The highest BCUT2D eigenvalue weighted by molar-refractivity contribution is 5.98. The topological polar surface area (TPSA) is 94.5 Å². The molecule has 2 aromatic carbocycles. The number of methoxy groups -OCH3 is 1. The molecule has 1 saturated heterocycles. The Morgan fingerprint density at radius 2 is 1.89 bits per heavy atom. The summed E-state index contributed by atoms with van der Waals surface area (Å²) in [5, 5.41) is 0.340. The molecular formula is C27H25F3N4O3. The highest BCUT2D eigenvalue weighted by Gasteiger charge is 2.36. The van der Waals surface area contributed by atoms with Crippen LogP contribution in [-0.4, -0.2) is 34.4 Å². The van der Waals surface area contributed by atoms with Crippen molar-refractivity contribution in [1.82, 2.24) is 14.9 Å². The zero-order valence-corrected chi connectivity index (χ0v) is 20.2. The number of aromatic nitrogens is 2. The van der Waals surface area contributed by atoms with Gasteiger partial charge in [0, 0.05) is 17.5 Å². The number of hydrogen-bond acceptors (Lipinski definition) is 6. The van der Waals surface area contributed by atoms with E-state index < -0.39 is 17.9 Å². The number of carbonyl (C=O) groups excluding carboxylic acids is 1. The molecule has 0 saturated carbocycles. The first kappa shape index (κ1) is 24.8. The molecule has 5 rings (SSSR count). The van der Waals surface area contributed by atoms with Gasteiger partial charge in [0.05, 0.1) is 19.2 Å². The van der Waals surface area contributed by atoms with E-state index in [0.29, 0.717) is 17.5 Å². The molecule has 2 aromatic heterocycles. The van der Waals surface area contributed by atoms with Crippen LogP contribution in [0.3, 0.4) is 0 Å². The second-order valence-corrected chi connectivity index (χ2v) is 8.99. The normalized spacial score (nSPS) is 16.8. The first-order valence-corrected chi connectivity index (χ1v) is 11.9. The predicted octanol–water partition coefficient (Wildman–Crippen LogP) is 5.91. The van der Waals surface area contributed by atoms with E-state index in [1.54, 1.807) is 17.9 Å². The van der Waals surface area contributed by atoms with Gasteiger partial charge in [0.25, 0.3) is 5.91 Å². The van der Waals surface area contributed by atoms with Crippen molar-refractivity contribution in [3.05, 3.63) is 77.3 Å². The van der Waals surface area contributed by atoms with E-state index >= 15 is 0 Å². The van der Waals surface area contributed by atoms with Gasteiger partial charge in [0.2, 0.25) is 5.89 Å². The van der Waals surface area contributed by atoms with Crippen LogP contribution in [0.2, 0.25) is 0 Å². The first-order valence-electron chi connectivity index (χ1n) is 11.9. The number of fused-ring (bicyclic) bond motifs is 1. The molecule has 2 atom stereocenters. The number of oxazole rings is 1. The molecule has 0 bridgehead atoms. The Hall–Kier alpha value is -3.92. The third-order valence-corrected chi connectivity index (χ3v) is 6.53. The van der Waals surface area contributed by atoms with Crippen molar-refractivity contribution in [2.45, 2.75) is 38.0 Å². The molecule has 1 amide bonds. The van der Waals surface area contributed by atoms with Crippen LogP contribution in [0.1, 0.15) is 59.4 Å². The molecule has 1 fully saturated rings. The highest BCUT2D eigenvalue weighted by atomic mass is 19.4. The smallest absolute Gasteiger partial charge is 0.433 e. The molecule has 2 N–H and O–H groups in total. The molecule has 10 heteroatoms.